The first-order valence-electron chi connectivity index (χ1n) is 5.44. The number of para-hydroxylation sites is 1. The SMILES string of the molecule is O=C(NC1COC1)C1COc2ccccc21. The molecule has 2 aliphatic heterocycles. The lowest BCUT2D eigenvalue weighted by molar-refractivity contribution is -0.126. The fraction of sp³-hybridized carbons (Fsp3) is 0.417. The van der Waals surface area contributed by atoms with Crippen LogP contribution in [-0.2, 0) is 9.53 Å². The van der Waals surface area contributed by atoms with Gasteiger partial charge in [-0.3, -0.25) is 4.79 Å². The quantitative estimate of drug-likeness (QED) is 0.795. The van der Waals surface area contributed by atoms with E-state index in [-0.39, 0.29) is 17.9 Å². The Kier molecular flexibility index (Phi) is 2.29. The van der Waals surface area contributed by atoms with Crippen molar-refractivity contribution in [2.75, 3.05) is 19.8 Å². The van der Waals surface area contributed by atoms with Crippen LogP contribution in [0.15, 0.2) is 24.3 Å². The standard InChI is InChI=1S/C12H13NO3/c14-12(13-8-5-15-6-8)10-7-16-11-4-2-1-3-9(10)11/h1-4,8,10H,5-7H2,(H,13,14). The highest BCUT2D eigenvalue weighted by atomic mass is 16.5. The molecule has 1 unspecified atom stereocenters. The van der Waals surface area contributed by atoms with E-state index in [9.17, 15) is 4.79 Å². The van der Waals surface area contributed by atoms with Crippen molar-refractivity contribution >= 4 is 5.91 Å². The average Bonchev–Trinajstić information content (AvgIpc) is 2.67. The molecule has 0 aliphatic carbocycles. The van der Waals surface area contributed by atoms with Gasteiger partial charge in [0, 0.05) is 5.56 Å². The van der Waals surface area contributed by atoms with Gasteiger partial charge in [-0.25, -0.2) is 0 Å². The third kappa shape index (κ3) is 1.55. The van der Waals surface area contributed by atoms with Crippen molar-refractivity contribution in [3.05, 3.63) is 29.8 Å². The van der Waals surface area contributed by atoms with Gasteiger partial charge in [-0.05, 0) is 6.07 Å². The van der Waals surface area contributed by atoms with Gasteiger partial charge in [0.05, 0.1) is 19.3 Å². The predicted octanol–water partition coefficient (Wildman–Crippen LogP) is 0.678. The molecule has 0 saturated carbocycles. The highest BCUT2D eigenvalue weighted by Crippen LogP contribution is 2.33. The highest BCUT2D eigenvalue weighted by Gasteiger charge is 2.32. The number of benzene rings is 1. The molecule has 4 heteroatoms. The third-order valence-corrected chi connectivity index (χ3v) is 3.00. The Hall–Kier alpha value is -1.55. The molecular formula is C12H13NO3. The molecule has 1 fully saturated rings. The Morgan fingerprint density at radius 3 is 2.81 bits per heavy atom. The van der Waals surface area contributed by atoms with E-state index in [1.165, 1.54) is 0 Å². The van der Waals surface area contributed by atoms with Crippen LogP contribution in [0, 0.1) is 0 Å². The zero-order valence-electron chi connectivity index (χ0n) is 8.81. The van der Waals surface area contributed by atoms with Crippen LogP contribution in [0.2, 0.25) is 0 Å². The van der Waals surface area contributed by atoms with Gasteiger partial charge in [0.15, 0.2) is 0 Å². The third-order valence-electron chi connectivity index (χ3n) is 3.00. The van der Waals surface area contributed by atoms with Crippen molar-refractivity contribution in [3.8, 4) is 5.75 Å². The Morgan fingerprint density at radius 2 is 2.06 bits per heavy atom. The minimum atomic E-state index is -0.170. The van der Waals surface area contributed by atoms with Gasteiger partial charge < -0.3 is 14.8 Å². The van der Waals surface area contributed by atoms with E-state index < -0.39 is 0 Å². The molecular weight excluding hydrogens is 206 g/mol. The Morgan fingerprint density at radius 1 is 1.25 bits per heavy atom. The second-order valence-corrected chi connectivity index (χ2v) is 4.14. The van der Waals surface area contributed by atoms with Crippen molar-refractivity contribution in [2.45, 2.75) is 12.0 Å². The lowest BCUT2D eigenvalue weighted by atomic mass is 10.00. The number of hydrogen-bond acceptors (Lipinski definition) is 3. The molecule has 84 valence electrons. The number of carbonyl (C=O) groups excluding carboxylic acids is 1. The summed E-state index contributed by atoms with van der Waals surface area (Å²) in [5, 5.41) is 2.96. The maximum atomic E-state index is 12.0. The molecule has 0 spiro atoms. The summed E-state index contributed by atoms with van der Waals surface area (Å²) in [6.45, 7) is 1.70. The number of ether oxygens (including phenoxy) is 2. The normalized spacial score (nSPS) is 23.1. The molecule has 0 radical (unpaired) electrons. The fourth-order valence-corrected chi connectivity index (χ4v) is 2.00. The number of hydrogen-bond donors (Lipinski definition) is 1. The Labute approximate surface area is 93.5 Å². The van der Waals surface area contributed by atoms with Crippen molar-refractivity contribution in [1.29, 1.82) is 0 Å². The van der Waals surface area contributed by atoms with Gasteiger partial charge in [0.2, 0.25) is 5.91 Å². The smallest absolute Gasteiger partial charge is 0.231 e. The summed E-state index contributed by atoms with van der Waals surface area (Å²) < 4.78 is 10.5. The average molecular weight is 219 g/mol. The van der Waals surface area contributed by atoms with Crippen LogP contribution in [0.4, 0.5) is 0 Å². The van der Waals surface area contributed by atoms with Crippen LogP contribution >= 0.6 is 0 Å². The van der Waals surface area contributed by atoms with Crippen LogP contribution in [0.3, 0.4) is 0 Å². The zero-order chi connectivity index (χ0) is 11.0. The molecule has 1 aromatic rings. The predicted molar refractivity (Wildman–Crippen MR) is 57.4 cm³/mol. The lowest BCUT2D eigenvalue weighted by Crippen LogP contribution is -2.50. The van der Waals surface area contributed by atoms with Crippen molar-refractivity contribution in [2.24, 2.45) is 0 Å². The van der Waals surface area contributed by atoms with Gasteiger partial charge in [-0.1, -0.05) is 18.2 Å². The summed E-state index contributed by atoms with van der Waals surface area (Å²) in [5.41, 5.74) is 0.986. The van der Waals surface area contributed by atoms with Gasteiger partial charge in [-0.2, -0.15) is 0 Å². The van der Waals surface area contributed by atoms with Crippen LogP contribution in [0.1, 0.15) is 11.5 Å². The monoisotopic (exact) mass is 219 g/mol. The first-order chi connectivity index (χ1) is 7.84. The van der Waals surface area contributed by atoms with E-state index in [4.69, 9.17) is 9.47 Å². The van der Waals surface area contributed by atoms with Gasteiger partial charge in [0.1, 0.15) is 18.3 Å². The molecule has 1 N–H and O–H groups in total. The first kappa shape index (κ1) is 9.66. The van der Waals surface area contributed by atoms with E-state index in [0.29, 0.717) is 19.8 Å². The molecule has 0 aromatic heterocycles. The Bertz CT molecular complexity index is 414. The largest absolute Gasteiger partial charge is 0.492 e. The fourth-order valence-electron chi connectivity index (χ4n) is 2.00. The second-order valence-electron chi connectivity index (χ2n) is 4.14. The van der Waals surface area contributed by atoms with E-state index in [2.05, 4.69) is 5.32 Å². The summed E-state index contributed by atoms with van der Waals surface area (Å²) in [7, 11) is 0. The van der Waals surface area contributed by atoms with Gasteiger partial charge in [-0.15, -0.1) is 0 Å². The molecule has 16 heavy (non-hydrogen) atoms. The van der Waals surface area contributed by atoms with Crippen molar-refractivity contribution < 1.29 is 14.3 Å². The highest BCUT2D eigenvalue weighted by molar-refractivity contribution is 5.85. The summed E-state index contributed by atoms with van der Waals surface area (Å²) in [6.07, 6.45) is 0. The van der Waals surface area contributed by atoms with E-state index >= 15 is 0 Å². The minimum Gasteiger partial charge on any atom is -0.492 e. The first-order valence-corrected chi connectivity index (χ1v) is 5.44. The topological polar surface area (TPSA) is 47.6 Å². The molecule has 2 aliphatic rings. The molecule has 1 aromatic carbocycles. The minimum absolute atomic E-state index is 0.0400. The van der Waals surface area contributed by atoms with Crippen LogP contribution < -0.4 is 10.1 Å². The maximum absolute atomic E-state index is 12.0. The summed E-state index contributed by atoms with van der Waals surface area (Å²) >= 11 is 0. The molecule has 1 amide bonds. The van der Waals surface area contributed by atoms with E-state index in [1.54, 1.807) is 0 Å². The van der Waals surface area contributed by atoms with Crippen molar-refractivity contribution in [1.82, 2.24) is 5.32 Å². The van der Waals surface area contributed by atoms with Gasteiger partial charge in [0.25, 0.3) is 0 Å². The number of carbonyl (C=O) groups is 1. The summed E-state index contributed by atoms with van der Waals surface area (Å²) in [6, 6.07) is 7.87. The molecule has 3 rings (SSSR count). The second kappa shape index (κ2) is 3.79. The van der Waals surface area contributed by atoms with E-state index in [0.717, 1.165) is 11.3 Å². The summed E-state index contributed by atoms with van der Waals surface area (Å²) in [4.78, 5) is 12.0. The van der Waals surface area contributed by atoms with Gasteiger partial charge >= 0.3 is 0 Å². The van der Waals surface area contributed by atoms with Crippen LogP contribution in [0.25, 0.3) is 0 Å². The molecule has 0 bridgehead atoms. The molecule has 1 saturated heterocycles. The maximum Gasteiger partial charge on any atom is 0.231 e. The van der Waals surface area contributed by atoms with Crippen LogP contribution in [-0.4, -0.2) is 31.8 Å². The number of rotatable bonds is 2. The molecule has 4 nitrogen and oxygen atoms in total. The number of nitrogens with one attached hydrogen (secondary N) is 1. The zero-order valence-corrected chi connectivity index (χ0v) is 8.81. The van der Waals surface area contributed by atoms with E-state index in [1.807, 2.05) is 24.3 Å². The Balaban J connectivity index is 1.73. The van der Waals surface area contributed by atoms with Crippen LogP contribution in [0.5, 0.6) is 5.75 Å². The number of fused-ring (bicyclic) bond motifs is 1. The molecule has 1 atom stereocenters. The van der Waals surface area contributed by atoms with Crippen molar-refractivity contribution in [3.63, 3.8) is 0 Å². The number of amides is 1. The lowest BCUT2D eigenvalue weighted by Gasteiger charge is -2.27. The summed E-state index contributed by atoms with van der Waals surface area (Å²) in [5.74, 6) is 0.697. The molecule has 2 heterocycles.